The number of carbonyl (C=O) groups excluding carboxylic acids is 1. The molecular weight excluding hydrogens is 383 g/mol. The number of ether oxygens (including phenoxy) is 2. The van der Waals surface area contributed by atoms with E-state index in [0.717, 1.165) is 37.7 Å². The number of rotatable bonds is 4. The minimum Gasteiger partial charge on any atom is -0.479 e. The van der Waals surface area contributed by atoms with Crippen LogP contribution in [0.15, 0.2) is 36.3 Å². The summed E-state index contributed by atoms with van der Waals surface area (Å²) >= 11 is 12.5. The first kappa shape index (κ1) is 20.3. The van der Waals surface area contributed by atoms with E-state index in [0.29, 0.717) is 33.6 Å². The third-order valence-electron chi connectivity index (χ3n) is 5.73. The number of esters is 1. The van der Waals surface area contributed by atoms with Crippen molar-refractivity contribution in [3.63, 3.8) is 0 Å². The lowest BCUT2D eigenvalue weighted by Crippen LogP contribution is -2.37. The minimum atomic E-state index is -0.632. The average molecular weight is 409 g/mol. The van der Waals surface area contributed by atoms with E-state index >= 15 is 0 Å². The van der Waals surface area contributed by atoms with Gasteiger partial charge in [0.2, 0.25) is 0 Å². The van der Waals surface area contributed by atoms with Crippen molar-refractivity contribution in [1.82, 2.24) is 0 Å². The quantitative estimate of drug-likeness (QED) is 0.506. The highest BCUT2D eigenvalue weighted by atomic mass is 35.5. The number of halogens is 2. The maximum atomic E-state index is 12.9. The van der Waals surface area contributed by atoms with Crippen LogP contribution in [0.3, 0.4) is 0 Å². The summed E-state index contributed by atoms with van der Waals surface area (Å²) in [5, 5.41) is 1.03. The Bertz CT molecular complexity index is 802. The fourth-order valence-corrected chi connectivity index (χ4v) is 4.13. The highest BCUT2D eigenvalue weighted by Gasteiger charge is 2.49. The monoisotopic (exact) mass is 408 g/mol. The van der Waals surface area contributed by atoms with Gasteiger partial charge in [-0.05, 0) is 58.1 Å². The highest BCUT2D eigenvalue weighted by Crippen LogP contribution is 2.52. The second-order valence-electron chi connectivity index (χ2n) is 8.04. The van der Waals surface area contributed by atoms with Crippen LogP contribution >= 0.6 is 23.2 Å². The van der Waals surface area contributed by atoms with Gasteiger partial charge in [0, 0.05) is 10.6 Å². The Kier molecular flexibility index (Phi) is 5.65. The summed E-state index contributed by atoms with van der Waals surface area (Å²) in [6.07, 6.45) is 5.48. The average Bonchev–Trinajstić information content (AvgIpc) is 2.87. The molecule has 0 N–H and O–H groups in total. The molecule has 0 aromatic heterocycles. The first-order valence-electron chi connectivity index (χ1n) is 9.51. The topological polar surface area (TPSA) is 35.5 Å². The predicted molar refractivity (Wildman–Crippen MR) is 110 cm³/mol. The van der Waals surface area contributed by atoms with Gasteiger partial charge in [-0.25, -0.2) is 0 Å². The lowest BCUT2D eigenvalue weighted by Gasteiger charge is -2.35. The van der Waals surface area contributed by atoms with E-state index in [-0.39, 0.29) is 5.97 Å². The molecule has 0 amide bonds. The molecule has 5 heteroatoms. The van der Waals surface area contributed by atoms with Gasteiger partial charge in [-0.2, -0.15) is 0 Å². The van der Waals surface area contributed by atoms with Crippen LogP contribution in [0.2, 0.25) is 10.0 Å². The molecule has 0 atom stereocenters. The molecule has 3 rings (SSSR count). The van der Waals surface area contributed by atoms with Crippen LogP contribution in [0, 0.1) is 5.41 Å². The van der Waals surface area contributed by atoms with Crippen LogP contribution in [0.25, 0.3) is 5.57 Å². The predicted octanol–water partition coefficient (Wildman–Crippen LogP) is 6.93. The molecule has 0 unspecified atom stereocenters. The smallest absolute Gasteiger partial charge is 0.316 e. The van der Waals surface area contributed by atoms with E-state index in [9.17, 15) is 4.79 Å². The highest BCUT2D eigenvalue weighted by molar-refractivity contribution is 6.35. The van der Waals surface area contributed by atoms with E-state index in [2.05, 4.69) is 6.58 Å². The molecule has 0 saturated heterocycles. The lowest BCUT2D eigenvalue weighted by molar-refractivity contribution is -0.153. The summed E-state index contributed by atoms with van der Waals surface area (Å²) in [7, 11) is 0. The lowest BCUT2D eigenvalue weighted by atomic mass is 9.82. The van der Waals surface area contributed by atoms with Crippen LogP contribution in [-0.2, 0) is 14.3 Å². The first-order chi connectivity index (χ1) is 12.7. The SMILES string of the molecule is C=C1OC2(CCCCC2)C(OC(=O)C(C)(C)CC)=C1c1ccc(Cl)cc1Cl. The van der Waals surface area contributed by atoms with Crippen molar-refractivity contribution >= 4 is 34.7 Å². The molecule has 0 radical (unpaired) electrons. The molecule has 1 fully saturated rings. The number of carbonyl (C=O) groups is 1. The Labute approximate surface area is 171 Å². The van der Waals surface area contributed by atoms with Gasteiger partial charge in [-0.3, -0.25) is 4.79 Å². The normalized spacial score (nSPS) is 19.4. The largest absolute Gasteiger partial charge is 0.479 e. The Morgan fingerprint density at radius 1 is 1.26 bits per heavy atom. The maximum Gasteiger partial charge on any atom is 0.316 e. The van der Waals surface area contributed by atoms with Crippen molar-refractivity contribution < 1.29 is 14.3 Å². The second kappa shape index (κ2) is 7.52. The summed E-state index contributed by atoms with van der Waals surface area (Å²) < 4.78 is 12.3. The zero-order valence-corrected chi connectivity index (χ0v) is 17.7. The molecular formula is C22H26Cl2O3. The zero-order valence-electron chi connectivity index (χ0n) is 16.2. The Hall–Kier alpha value is -1.45. The second-order valence-corrected chi connectivity index (χ2v) is 8.88. The summed E-state index contributed by atoms with van der Waals surface area (Å²) in [6.45, 7) is 9.86. The van der Waals surface area contributed by atoms with Gasteiger partial charge in [-0.15, -0.1) is 0 Å². The van der Waals surface area contributed by atoms with Gasteiger partial charge in [0.15, 0.2) is 11.4 Å². The van der Waals surface area contributed by atoms with Gasteiger partial charge in [0.1, 0.15) is 5.76 Å². The van der Waals surface area contributed by atoms with E-state index < -0.39 is 11.0 Å². The molecule has 1 aromatic rings. The van der Waals surface area contributed by atoms with Crippen LogP contribution in [0.4, 0.5) is 0 Å². The molecule has 1 saturated carbocycles. The van der Waals surface area contributed by atoms with Gasteiger partial charge in [-0.1, -0.05) is 49.2 Å². The third-order valence-corrected chi connectivity index (χ3v) is 6.28. The Morgan fingerprint density at radius 2 is 1.93 bits per heavy atom. The first-order valence-corrected chi connectivity index (χ1v) is 10.3. The van der Waals surface area contributed by atoms with E-state index in [1.165, 1.54) is 0 Å². The molecule has 3 nitrogen and oxygen atoms in total. The number of allylic oxidation sites excluding steroid dienone is 1. The van der Waals surface area contributed by atoms with Crippen molar-refractivity contribution in [3.8, 4) is 0 Å². The number of hydrogen-bond acceptors (Lipinski definition) is 3. The molecule has 1 heterocycles. The standard InChI is InChI=1S/C22H26Cl2O3/c1-5-21(3,4)20(25)26-19-18(16-10-9-15(23)13-17(16)24)14(2)27-22(19)11-7-6-8-12-22/h9-10,13H,2,5-8,11-12H2,1,3-4H3. The van der Waals surface area contributed by atoms with Crippen molar-refractivity contribution in [2.24, 2.45) is 5.41 Å². The Balaban J connectivity index is 2.14. The van der Waals surface area contributed by atoms with Crippen molar-refractivity contribution in [2.75, 3.05) is 0 Å². The van der Waals surface area contributed by atoms with Crippen LogP contribution < -0.4 is 0 Å². The molecule has 1 spiro atoms. The molecule has 146 valence electrons. The molecule has 1 aliphatic carbocycles. The Morgan fingerprint density at radius 3 is 2.52 bits per heavy atom. The van der Waals surface area contributed by atoms with E-state index in [1.807, 2.05) is 26.8 Å². The molecule has 1 aliphatic heterocycles. The molecule has 1 aromatic carbocycles. The van der Waals surface area contributed by atoms with Gasteiger partial charge < -0.3 is 9.47 Å². The van der Waals surface area contributed by atoms with Gasteiger partial charge >= 0.3 is 5.97 Å². The van der Waals surface area contributed by atoms with Gasteiger partial charge in [0.05, 0.1) is 16.0 Å². The fourth-order valence-electron chi connectivity index (χ4n) is 3.62. The van der Waals surface area contributed by atoms with E-state index in [4.69, 9.17) is 32.7 Å². The number of hydrogen-bond donors (Lipinski definition) is 0. The summed E-state index contributed by atoms with van der Waals surface area (Å²) in [5.41, 5.74) is 0.193. The summed E-state index contributed by atoms with van der Waals surface area (Å²) in [5.74, 6) is 0.798. The summed E-state index contributed by atoms with van der Waals surface area (Å²) in [6, 6.07) is 5.28. The zero-order chi connectivity index (χ0) is 19.8. The third kappa shape index (κ3) is 3.77. The summed E-state index contributed by atoms with van der Waals surface area (Å²) in [4.78, 5) is 12.9. The van der Waals surface area contributed by atoms with Gasteiger partial charge in [0.25, 0.3) is 0 Å². The minimum absolute atomic E-state index is 0.258. The van der Waals surface area contributed by atoms with Crippen LogP contribution in [0.1, 0.15) is 64.9 Å². The maximum absolute atomic E-state index is 12.9. The van der Waals surface area contributed by atoms with Crippen LogP contribution in [-0.4, -0.2) is 11.6 Å². The molecule has 27 heavy (non-hydrogen) atoms. The van der Waals surface area contributed by atoms with E-state index in [1.54, 1.807) is 12.1 Å². The number of benzene rings is 1. The van der Waals surface area contributed by atoms with Crippen molar-refractivity contribution in [1.29, 1.82) is 0 Å². The fraction of sp³-hybridized carbons (Fsp3) is 0.500. The van der Waals surface area contributed by atoms with Crippen LogP contribution in [0.5, 0.6) is 0 Å². The van der Waals surface area contributed by atoms with Crippen molar-refractivity contribution in [2.45, 2.75) is 64.9 Å². The molecule has 0 bridgehead atoms. The van der Waals surface area contributed by atoms with Crippen molar-refractivity contribution in [3.05, 3.63) is 51.9 Å². The molecule has 2 aliphatic rings.